The molecule has 1 fully saturated rings. The molecule has 1 aliphatic carbocycles. The second kappa shape index (κ2) is 9.97. The highest BCUT2D eigenvalue weighted by Gasteiger charge is 2.48. The predicted molar refractivity (Wildman–Crippen MR) is 128 cm³/mol. The van der Waals surface area contributed by atoms with Crippen molar-refractivity contribution in [1.29, 1.82) is 0 Å². The summed E-state index contributed by atoms with van der Waals surface area (Å²) >= 11 is 0. The molecule has 2 N–H and O–H groups in total. The van der Waals surface area contributed by atoms with Crippen molar-refractivity contribution in [2.75, 3.05) is 20.8 Å². The van der Waals surface area contributed by atoms with Crippen molar-refractivity contribution < 1.29 is 23.9 Å². The SMILES string of the molecule is CCN1C(=O)c2cc(C(=O)NCc3ccc(OC)cc3OC)nn2C[C@]1(C)C(=O)NC1CCCC1. The van der Waals surface area contributed by atoms with Gasteiger partial charge in [-0.1, -0.05) is 12.8 Å². The second-order valence-corrected chi connectivity index (χ2v) is 9.21. The average Bonchev–Trinajstić information content (AvgIpc) is 3.52. The highest BCUT2D eigenvalue weighted by molar-refractivity contribution is 6.01. The smallest absolute Gasteiger partial charge is 0.273 e. The summed E-state index contributed by atoms with van der Waals surface area (Å²) in [5.41, 5.74) is 0.106. The number of nitrogens with zero attached hydrogens (tertiary/aromatic N) is 3. The van der Waals surface area contributed by atoms with Gasteiger partial charge in [-0.05, 0) is 38.8 Å². The summed E-state index contributed by atoms with van der Waals surface area (Å²) in [7, 11) is 3.12. The number of hydrogen-bond acceptors (Lipinski definition) is 6. The normalized spacial score (nSPS) is 19.9. The van der Waals surface area contributed by atoms with E-state index in [1.54, 1.807) is 38.2 Å². The summed E-state index contributed by atoms with van der Waals surface area (Å²) < 4.78 is 12.1. The third-order valence-corrected chi connectivity index (χ3v) is 6.96. The van der Waals surface area contributed by atoms with Crippen LogP contribution in [0.15, 0.2) is 24.3 Å². The summed E-state index contributed by atoms with van der Waals surface area (Å²) in [6.07, 6.45) is 4.11. The largest absolute Gasteiger partial charge is 0.497 e. The van der Waals surface area contributed by atoms with Crippen molar-refractivity contribution in [2.45, 2.75) is 64.2 Å². The maximum atomic E-state index is 13.3. The van der Waals surface area contributed by atoms with Crippen molar-refractivity contribution in [3.63, 3.8) is 0 Å². The van der Waals surface area contributed by atoms with Gasteiger partial charge in [-0.25, -0.2) is 0 Å². The van der Waals surface area contributed by atoms with Gasteiger partial charge in [0.1, 0.15) is 22.7 Å². The summed E-state index contributed by atoms with van der Waals surface area (Å²) in [6, 6.07) is 6.97. The lowest BCUT2D eigenvalue weighted by Gasteiger charge is -2.43. The molecule has 10 nitrogen and oxygen atoms in total. The topological polar surface area (TPSA) is 115 Å². The number of amides is 3. The van der Waals surface area contributed by atoms with Crippen LogP contribution in [0.5, 0.6) is 11.5 Å². The van der Waals surface area contributed by atoms with E-state index in [1.165, 1.54) is 10.7 Å². The zero-order valence-corrected chi connectivity index (χ0v) is 20.7. The van der Waals surface area contributed by atoms with Gasteiger partial charge < -0.3 is 25.0 Å². The van der Waals surface area contributed by atoms with Crippen LogP contribution in [0.25, 0.3) is 0 Å². The lowest BCUT2D eigenvalue weighted by Crippen LogP contribution is -2.64. The van der Waals surface area contributed by atoms with Crippen LogP contribution in [0.2, 0.25) is 0 Å². The molecule has 0 unspecified atom stereocenters. The molecule has 1 atom stereocenters. The maximum absolute atomic E-state index is 13.3. The first-order chi connectivity index (χ1) is 16.8. The zero-order valence-electron chi connectivity index (χ0n) is 20.7. The monoisotopic (exact) mass is 483 g/mol. The number of methoxy groups -OCH3 is 2. The van der Waals surface area contributed by atoms with Crippen LogP contribution in [0.4, 0.5) is 0 Å². The molecule has 1 saturated carbocycles. The molecule has 2 heterocycles. The van der Waals surface area contributed by atoms with Gasteiger partial charge >= 0.3 is 0 Å². The fourth-order valence-corrected chi connectivity index (χ4v) is 4.92. The van der Waals surface area contributed by atoms with E-state index in [0.29, 0.717) is 23.7 Å². The molecule has 10 heteroatoms. The molecule has 2 aromatic rings. The Balaban J connectivity index is 1.51. The number of benzene rings is 1. The number of rotatable bonds is 8. The van der Waals surface area contributed by atoms with Gasteiger partial charge in [-0.3, -0.25) is 19.1 Å². The number of carbonyl (C=O) groups excluding carboxylic acids is 3. The van der Waals surface area contributed by atoms with Crippen molar-refractivity contribution >= 4 is 17.7 Å². The van der Waals surface area contributed by atoms with E-state index in [0.717, 1.165) is 31.2 Å². The molecule has 1 aromatic heterocycles. The molecule has 0 radical (unpaired) electrons. The molecule has 3 amide bonds. The average molecular weight is 484 g/mol. The van der Waals surface area contributed by atoms with Gasteiger partial charge in [0.15, 0.2) is 5.69 Å². The number of aromatic nitrogens is 2. The molecular weight excluding hydrogens is 450 g/mol. The van der Waals surface area contributed by atoms with Crippen LogP contribution in [0.3, 0.4) is 0 Å². The van der Waals surface area contributed by atoms with Crippen LogP contribution in [0, 0.1) is 0 Å². The molecule has 35 heavy (non-hydrogen) atoms. The number of ether oxygens (including phenoxy) is 2. The molecule has 1 aliphatic heterocycles. The van der Waals surface area contributed by atoms with Gasteiger partial charge in [0.05, 0.1) is 20.8 Å². The maximum Gasteiger partial charge on any atom is 0.273 e. The van der Waals surface area contributed by atoms with Gasteiger partial charge in [0.25, 0.3) is 11.8 Å². The molecule has 0 saturated heterocycles. The first-order valence-corrected chi connectivity index (χ1v) is 12.0. The molecule has 1 aromatic carbocycles. The molecule has 4 rings (SSSR count). The van der Waals surface area contributed by atoms with Gasteiger partial charge in [0.2, 0.25) is 5.91 Å². The van der Waals surface area contributed by atoms with Gasteiger partial charge in [-0.15, -0.1) is 0 Å². The Bertz CT molecular complexity index is 1120. The number of carbonyl (C=O) groups is 3. The van der Waals surface area contributed by atoms with E-state index >= 15 is 0 Å². The fraction of sp³-hybridized carbons (Fsp3) is 0.520. The van der Waals surface area contributed by atoms with E-state index < -0.39 is 11.4 Å². The third-order valence-electron chi connectivity index (χ3n) is 6.96. The van der Waals surface area contributed by atoms with Crippen LogP contribution in [-0.2, 0) is 17.9 Å². The summed E-state index contributed by atoms with van der Waals surface area (Å²) in [5, 5.41) is 10.3. The lowest BCUT2D eigenvalue weighted by atomic mass is 9.94. The van der Waals surface area contributed by atoms with Gasteiger partial charge in [-0.2, -0.15) is 5.10 Å². The van der Waals surface area contributed by atoms with E-state index in [-0.39, 0.29) is 36.6 Å². The quantitative estimate of drug-likeness (QED) is 0.595. The Morgan fingerprint density at radius 3 is 2.57 bits per heavy atom. The zero-order chi connectivity index (χ0) is 25.2. The minimum atomic E-state index is -1.09. The third kappa shape index (κ3) is 4.69. The molecular formula is C25H33N5O5. The number of nitrogens with one attached hydrogen (secondary N) is 2. The highest BCUT2D eigenvalue weighted by Crippen LogP contribution is 2.29. The van der Waals surface area contributed by atoms with E-state index in [9.17, 15) is 14.4 Å². The van der Waals surface area contributed by atoms with Crippen LogP contribution in [-0.4, -0.2) is 64.7 Å². The van der Waals surface area contributed by atoms with Crippen molar-refractivity contribution in [1.82, 2.24) is 25.3 Å². The Morgan fingerprint density at radius 2 is 1.91 bits per heavy atom. The Kier molecular flexibility index (Phi) is 7.00. The fourth-order valence-electron chi connectivity index (χ4n) is 4.92. The minimum Gasteiger partial charge on any atom is -0.497 e. The summed E-state index contributed by atoms with van der Waals surface area (Å²) in [4.78, 5) is 41.0. The minimum absolute atomic E-state index is 0.123. The van der Waals surface area contributed by atoms with Crippen LogP contribution in [0.1, 0.15) is 66.1 Å². The van der Waals surface area contributed by atoms with Gasteiger partial charge in [0, 0.05) is 36.8 Å². The first-order valence-electron chi connectivity index (χ1n) is 12.0. The first kappa shape index (κ1) is 24.6. The van der Waals surface area contributed by atoms with Crippen molar-refractivity contribution in [3.05, 3.63) is 41.2 Å². The van der Waals surface area contributed by atoms with Crippen LogP contribution < -0.4 is 20.1 Å². The lowest BCUT2D eigenvalue weighted by molar-refractivity contribution is -0.133. The second-order valence-electron chi connectivity index (χ2n) is 9.21. The predicted octanol–water partition coefficient (Wildman–Crippen LogP) is 2.12. The Labute approximate surface area is 204 Å². The number of hydrogen-bond donors (Lipinski definition) is 2. The standard InChI is InChI=1S/C25H33N5O5/c1-5-29-23(32)20-13-19(22(31)26-14-16-10-11-18(34-3)12-21(16)35-4)28-30(20)15-25(29,2)24(33)27-17-8-6-7-9-17/h10-13,17H,5-9,14-15H2,1-4H3,(H,26,31)(H,27,33)/t25-/m1/s1. The van der Waals surface area contributed by atoms with E-state index in [1.807, 2.05) is 13.0 Å². The molecule has 0 bridgehead atoms. The highest BCUT2D eigenvalue weighted by atomic mass is 16.5. The van der Waals surface area contributed by atoms with Crippen molar-refractivity contribution in [2.24, 2.45) is 0 Å². The Hall–Kier alpha value is -3.56. The van der Waals surface area contributed by atoms with E-state index in [2.05, 4.69) is 15.7 Å². The van der Waals surface area contributed by atoms with Crippen LogP contribution >= 0.6 is 0 Å². The summed E-state index contributed by atoms with van der Waals surface area (Å²) in [5.74, 6) is 0.326. The Morgan fingerprint density at radius 1 is 1.17 bits per heavy atom. The van der Waals surface area contributed by atoms with E-state index in [4.69, 9.17) is 9.47 Å². The molecule has 0 spiro atoms. The molecule has 188 valence electrons. The number of likely N-dealkylation sites (N-methyl/N-ethyl adjacent to an activating group) is 1. The van der Waals surface area contributed by atoms with Crippen molar-refractivity contribution in [3.8, 4) is 11.5 Å². The molecule has 2 aliphatic rings. The number of fused-ring (bicyclic) bond motifs is 1. The summed E-state index contributed by atoms with van der Waals surface area (Å²) in [6.45, 7) is 4.38.